The lowest BCUT2D eigenvalue weighted by Gasteiger charge is -2.08. The van der Waals surface area contributed by atoms with Crippen molar-refractivity contribution < 1.29 is 4.79 Å². The Labute approximate surface area is 156 Å². The van der Waals surface area contributed by atoms with Crippen molar-refractivity contribution in [3.63, 3.8) is 0 Å². The molecule has 0 spiro atoms. The molecule has 0 bridgehead atoms. The van der Waals surface area contributed by atoms with E-state index in [1.54, 1.807) is 29.2 Å². The molecule has 1 N–H and O–H groups in total. The number of nitrogens with zero attached hydrogens (tertiary/aromatic N) is 4. The predicted octanol–water partition coefficient (Wildman–Crippen LogP) is 3.89. The van der Waals surface area contributed by atoms with Gasteiger partial charge in [0.2, 0.25) is 0 Å². The SMILES string of the molecule is Cc1nccc(-c2cccc(NC(=O)c3ccc(-n4cccn4)cc3)c2)n1. The van der Waals surface area contributed by atoms with Crippen LogP contribution in [-0.2, 0) is 0 Å². The quantitative estimate of drug-likeness (QED) is 0.603. The zero-order valence-electron chi connectivity index (χ0n) is 14.7. The van der Waals surface area contributed by atoms with Crippen molar-refractivity contribution in [2.75, 3.05) is 5.32 Å². The summed E-state index contributed by atoms with van der Waals surface area (Å²) in [6.45, 7) is 1.85. The van der Waals surface area contributed by atoms with E-state index >= 15 is 0 Å². The summed E-state index contributed by atoms with van der Waals surface area (Å²) in [5.41, 5.74) is 3.94. The van der Waals surface area contributed by atoms with Gasteiger partial charge in [-0.25, -0.2) is 14.6 Å². The normalized spacial score (nSPS) is 10.6. The Morgan fingerprint density at radius 3 is 2.59 bits per heavy atom. The van der Waals surface area contributed by atoms with Crippen LogP contribution in [0.25, 0.3) is 16.9 Å². The Kier molecular flexibility index (Phi) is 4.45. The number of carbonyl (C=O) groups is 1. The summed E-state index contributed by atoms with van der Waals surface area (Å²) in [4.78, 5) is 21.1. The Hall–Kier alpha value is -3.80. The van der Waals surface area contributed by atoms with Crippen LogP contribution < -0.4 is 5.32 Å². The van der Waals surface area contributed by atoms with Crippen molar-refractivity contribution in [3.8, 4) is 16.9 Å². The van der Waals surface area contributed by atoms with Crippen molar-refractivity contribution in [1.82, 2.24) is 19.7 Å². The summed E-state index contributed by atoms with van der Waals surface area (Å²) in [6.07, 6.45) is 5.30. The van der Waals surface area contributed by atoms with Gasteiger partial charge >= 0.3 is 0 Å². The molecular formula is C21H17N5O. The minimum Gasteiger partial charge on any atom is -0.322 e. The summed E-state index contributed by atoms with van der Waals surface area (Å²) in [6, 6.07) is 18.6. The minimum atomic E-state index is -0.168. The maximum atomic E-state index is 12.6. The number of anilines is 1. The molecule has 27 heavy (non-hydrogen) atoms. The molecule has 0 atom stereocenters. The summed E-state index contributed by atoms with van der Waals surface area (Å²) in [5, 5.41) is 7.11. The lowest BCUT2D eigenvalue weighted by atomic mass is 10.1. The topological polar surface area (TPSA) is 72.7 Å². The van der Waals surface area contributed by atoms with Gasteiger partial charge in [-0.1, -0.05) is 12.1 Å². The van der Waals surface area contributed by atoms with Crippen LogP contribution in [-0.4, -0.2) is 25.7 Å². The molecular weight excluding hydrogens is 338 g/mol. The molecule has 6 heteroatoms. The second-order valence-electron chi connectivity index (χ2n) is 6.02. The maximum Gasteiger partial charge on any atom is 0.255 e. The van der Waals surface area contributed by atoms with E-state index in [1.807, 2.05) is 61.7 Å². The Balaban J connectivity index is 1.52. The van der Waals surface area contributed by atoms with Gasteiger partial charge in [-0.3, -0.25) is 4.79 Å². The number of hydrogen-bond donors (Lipinski definition) is 1. The number of aromatic nitrogens is 4. The molecule has 0 radical (unpaired) electrons. The van der Waals surface area contributed by atoms with Gasteiger partial charge in [0.15, 0.2) is 0 Å². The largest absolute Gasteiger partial charge is 0.322 e. The predicted molar refractivity (Wildman–Crippen MR) is 104 cm³/mol. The highest BCUT2D eigenvalue weighted by Crippen LogP contribution is 2.21. The summed E-state index contributed by atoms with van der Waals surface area (Å²) in [5.74, 6) is 0.539. The number of carbonyl (C=O) groups excluding carboxylic acids is 1. The van der Waals surface area contributed by atoms with Crippen LogP contribution in [0.15, 0.2) is 79.3 Å². The van der Waals surface area contributed by atoms with E-state index in [0.29, 0.717) is 17.1 Å². The molecule has 0 fully saturated rings. The van der Waals surface area contributed by atoms with Crippen LogP contribution in [0.3, 0.4) is 0 Å². The number of nitrogens with one attached hydrogen (secondary N) is 1. The van der Waals surface area contributed by atoms with Crippen molar-refractivity contribution in [1.29, 1.82) is 0 Å². The van der Waals surface area contributed by atoms with Crippen molar-refractivity contribution >= 4 is 11.6 Å². The lowest BCUT2D eigenvalue weighted by Crippen LogP contribution is -2.12. The monoisotopic (exact) mass is 355 g/mol. The molecule has 0 aliphatic rings. The first-order chi connectivity index (χ1) is 13.2. The van der Waals surface area contributed by atoms with E-state index in [0.717, 1.165) is 16.9 Å². The highest BCUT2D eigenvalue weighted by atomic mass is 16.1. The number of hydrogen-bond acceptors (Lipinski definition) is 4. The number of aryl methyl sites for hydroxylation is 1. The summed E-state index contributed by atoms with van der Waals surface area (Å²) >= 11 is 0. The molecule has 0 unspecified atom stereocenters. The molecule has 1 amide bonds. The maximum absolute atomic E-state index is 12.6. The first-order valence-electron chi connectivity index (χ1n) is 8.50. The summed E-state index contributed by atoms with van der Waals surface area (Å²) in [7, 11) is 0. The molecule has 0 saturated heterocycles. The number of amides is 1. The molecule has 0 aliphatic heterocycles. The average molecular weight is 355 g/mol. The zero-order chi connectivity index (χ0) is 18.6. The number of benzene rings is 2. The van der Waals surface area contributed by atoms with Gasteiger partial charge in [-0.2, -0.15) is 5.10 Å². The third kappa shape index (κ3) is 3.74. The van der Waals surface area contributed by atoms with Crippen molar-refractivity contribution in [2.24, 2.45) is 0 Å². The van der Waals surface area contributed by atoms with Gasteiger partial charge in [0, 0.05) is 35.4 Å². The van der Waals surface area contributed by atoms with E-state index in [1.165, 1.54) is 0 Å². The van der Waals surface area contributed by atoms with E-state index in [2.05, 4.69) is 20.4 Å². The first kappa shape index (κ1) is 16.7. The van der Waals surface area contributed by atoms with Gasteiger partial charge in [-0.15, -0.1) is 0 Å². The molecule has 2 aromatic carbocycles. The lowest BCUT2D eigenvalue weighted by molar-refractivity contribution is 0.102. The first-order valence-corrected chi connectivity index (χ1v) is 8.50. The highest BCUT2D eigenvalue weighted by Gasteiger charge is 2.08. The van der Waals surface area contributed by atoms with Gasteiger partial charge in [0.1, 0.15) is 5.82 Å². The van der Waals surface area contributed by atoms with Crippen LogP contribution in [0.5, 0.6) is 0 Å². The van der Waals surface area contributed by atoms with E-state index in [4.69, 9.17) is 0 Å². The standard InChI is InChI=1S/C21H17N5O/c1-15-22-12-10-20(24-15)17-4-2-5-18(14-17)25-21(27)16-6-8-19(9-7-16)26-13-3-11-23-26/h2-14H,1H3,(H,25,27). The van der Waals surface area contributed by atoms with Crippen molar-refractivity contribution in [3.05, 3.63) is 90.6 Å². The van der Waals surface area contributed by atoms with E-state index in [9.17, 15) is 4.79 Å². The van der Waals surface area contributed by atoms with Crippen LogP contribution >= 0.6 is 0 Å². The number of rotatable bonds is 4. The molecule has 2 heterocycles. The van der Waals surface area contributed by atoms with Crippen LogP contribution in [0.1, 0.15) is 16.2 Å². The summed E-state index contributed by atoms with van der Waals surface area (Å²) < 4.78 is 1.74. The van der Waals surface area contributed by atoms with E-state index in [-0.39, 0.29) is 5.91 Å². The Morgan fingerprint density at radius 2 is 1.85 bits per heavy atom. The van der Waals surface area contributed by atoms with Crippen LogP contribution in [0, 0.1) is 6.92 Å². The highest BCUT2D eigenvalue weighted by molar-refractivity contribution is 6.04. The third-order valence-electron chi connectivity index (χ3n) is 4.09. The molecule has 0 saturated carbocycles. The Morgan fingerprint density at radius 1 is 1.00 bits per heavy atom. The van der Waals surface area contributed by atoms with Gasteiger partial charge in [-0.05, 0) is 55.5 Å². The average Bonchev–Trinajstić information content (AvgIpc) is 3.23. The van der Waals surface area contributed by atoms with Gasteiger partial charge in [0.25, 0.3) is 5.91 Å². The Bertz CT molecular complexity index is 1070. The smallest absolute Gasteiger partial charge is 0.255 e. The third-order valence-corrected chi connectivity index (χ3v) is 4.09. The van der Waals surface area contributed by atoms with Crippen molar-refractivity contribution in [2.45, 2.75) is 6.92 Å². The molecule has 4 aromatic rings. The molecule has 132 valence electrons. The van der Waals surface area contributed by atoms with Crippen LogP contribution in [0.2, 0.25) is 0 Å². The van der Waals surface area contributed by atoms with E-state index < -0.39 is 0 Å². The molecule has 2 aromatic heterocycles. The molecule has 6 nitrogen and oxygen atoms in total. The van der Waals surface area contributed by atoms with Gasteiger partial charge < -0.3 is 5.32 Å². The fraction of sp³-hybridized carbons (Fsp3) is 0.0476. The molecule has 0 aliphatic carbocycles. The second-order valence-corrected chi connectivity index (χ2v) is 6.02. The fourth-order valence-corrected chi connectivity index (χ4v) is 2.76. The zero-order valence-corrected chi connectivity index (χ0v) is 14.7. The van der Waals surface area contributed by atoms with Crippen LogP contribution in [0.4, 0.5) is 5.69 Å². The molecule has 4 rings (SSSR count). The minimum absolute atomic E-state index is 0.168. The van der Waals surface area contributed by atoms with Gasteiger partial charge in [0.05, 0.1) is 11.4 Å². The second kappa shape index (κ2) is 7.21. The fourth-order valence-electron chi connectivity index (χ4n) is 2.76.